The van der Waals surface area contributed by atoms with Crippen LogP contribution in [0.25, 0.3) is 0 Å². The van der Waals surface area contributed by atoms with Crippen LogP contribution < -0.4 is 10.2 Å². The molecule has 19 heavy (non-hydrogen) atoms. The quantitative estimate of drug-likeness (QED) is 0.626. The van der Waals surface area contributed by atoms with Crippen LogP contribution in [0.4, 0.5) is 11.4 Å². The van der Waals surface area contributed by atoms with Gasteiger partial charge in [-0.15, -0.1) is 0 Å². The van der Waals surface area contributed by atoms with Crippen LogP contribution >= 0.6 is 0 Å². The van der Waals surface area contributed by atoms with E-state index >= 15 is 0 Å². The van der Waals surface area contributed by atoms with E-state index in [9.17, 15) is 14.9 Å². The zero-order valence-corrected chi connectivity index (χ0v) is 10.1. The van der Waals surface area contributed by atoms with Crippen LogP contribution in [-0.4, -0.2) is 30.5 Å². The summed E-state index contributed by atoms with van der Waals surface area (Å²) in [7, 11) is 0. The van der Waals surface area contributed by atoms with Gasteiger partial charge in [0, 0.05) is 24.8 Å². The van der Waals surface area contributed by atoms with Crippen molar-refractivity contribution in [3.8, 4) is 6.07 Å². The number of nitro groups is 1. The number of anilines is 1. The average molecular weight is 260 g/mol. The second-order valence-electron chi connectivity index (χ2n) is 4.20. The molecule has 0 spiro atoms. The first-order valence-corrected chi connectivity index (χ1v) is 5.82. The highest BCUT2D eigenvalue weighted by atomic mass is 16.6. The van der Waals surface area contributed by atoms with Crippen LogP contribution in [0.1, 0.15) is 12.0 Å². The molecule has 1 aromatic rings. The summed E-state index contributed by atoms with van der Waals surface area (Å²) in [6.45, 7) is 1.42. The van der Waals surface area contributed by atoms with Gasteiger partial charge in [-0.25, -0.2) is 0 Å². The molecule has 0 unspecified atom stereocenters. The molecular formula is C12H12N4O3. The van der Waals surface area contributed by atoms with Gasteiger partial charge in [0.25, 0.3) is 5.69 Å². The summed E-state index contributed by atoms with van der Waals surface area (Å²) in [6.07, 6.45) is 0.777. The lowest BCUT2D eigenvalue weighted by atomic mass is 10.1. The Labute approximate surface area is 109 Å². The van der Waals surface area contributed by atoms with Crippen molar-refractivity contribution in [3.63, 3.8) is 0 Å². The van der Waals surface area contributed by atoms with Gasteiger partial charge >= 0.3 is 0 Å². The van der Waals surface area contributed by atoms with Gasteiger partial charge in [0.1, 0.15) is 11.6 Å². The van der Waals surface area contributed by atoms with Crippen LogP contribution in [0.2, 0.25) is 0 Å². The molecule has 0 radical (unpaired) electrons. The second kappa shape index (κ2) is 5.35. The van der Waals surface area contributed by atoms with Crippen LogP contribution in [0.5, 0.6) is 0 Å². The SMILES string of the molecule is N#Cc1ccc(N2CCCNC(=O)C2)cc1[N+](=O)[O-]. The molecule has 0 aromatic heterocycles. The Morgan fingerprint density at radius 3 is 2.95 bits per heavy atom. The Bertz CT molecular complexity index is 565. The molecule has 1 amide bonds. The molecule has 1 saturated heterocycles. The number of nitriles is 1. The van der Waals surface area contributed by atoms with Gasteiger partial charge < -0.3 is 10.2 Å². The highest BCUT2D eigenvalue weighted by Crippen LogP contribution is 2.25. The Balaban J connectivity index is 2.34. The van der Waals surface area contributed by atoms with E-state index in [-0.39, 0.29) is 23.7 Å². The number of hydrogen-bond donors (Lipinski definition) is 1. The minimum atomic E-state index is -0.583. The lowest BCUT2D eigenvalue weighted by Gasteiger charge is -2.21. The lowest BCUT2D eigenvalue weighted by molar-refractivity contribution is -0.385. The third kappa shape index (κ3) is 2.80. The van der Waals surface area contributed by atoms with Crippen LogP contribution in [0.3, 0.4) is 0 Å². The van der Waals surface area contributed by atoms with E-state index < -0.39 is 4.92 Å². The molecule has 0 bridgehead atoms. The van der Waals surface area contributed by atoms with E-state index in [1.807, 2.05) is 0 Å². The van der Waals surface area contributed by atoms with E-state index in [0.717, 1.165) is 6.42 Å². The predicted octanol–water partition coefficient (Wildman–Crippen LogP) is 0.793. The minimum absolute atomic E-state index is 0.0213. The maximum Gasteiger partial charge on any atom is 0.289 e. The molecule has 1 heterocycles. The molecule has 0 atom stereocenters. The molecule has 2 rings (SSSR count). The van der Waals surface area contributed by atoms with Crippen molar-refractivity contribution in [2.45, 2.75) is 6.42 Å². The molecule has 0 aliphatic carbocycles. The first-order valence-electron chi connectivity index (χ1n) is 5.82. The summed E-state index contributed by atoms with van der Waals surface area (Å²) in [4.78, 5) is 23.6. The standard InChI is InChI=1S/C12H12N4O3/c13-7-9-2-3-10(6-11(9)16(18)19)15-5-1-4-14-12(17)8-15/h2-3,6H,1,4-5,8H2,(H,14,17). The third-order valence-corrected chi connectivity index (χ3v) is 2.93. The summed E-state index contributed by atoms with van der Waals surface area (Å²) in [5.74, 6) is -0.107. The first-order chi connectivity index (χ1) is 9.11. The maximum atomic E-state index is 11.5. The predicted molar refractivity (Wildman–Crippen MR) is 67.7 cm³/mol. The maximum absolute atomic E-state index is 11.5. The molecule has 1 aliphatic heterocycles. The number of carbonyl (C=O) groups excluding carboxylic acids is 1. The number of nitro benzene ring substituents is 1. The van der Waals surface area contributed by atoms with Gasteiger partial charge in [0.05, 0.1) is 11.5 Å². The lowest BCUT2D eigenvalue weighted by Crippen LogP contribution is -2.33. The Kier molecular flexibility index (Phi) is 3.61. The smallest absolute Gasteiger partial charge is 0.289 e. The summed E-state index contributed by atoms with van der Waals surface area (Å²) >= 11 is 0. The number of nitrogens with zero attached hydrogens (tertiary/aromatic N) is 3. The molecule has 1 N–H and O–H groups in total. The highest BCUT2D eigenvalue weighted by Gasteiger charge is 2.19. The number of carbonyl (C=O) groups is 1. The Morgan fingerprint density at radius 1 is 1.47 bits per heavy atom. The van der Waals surface area contributed by atoms with Gasteiger partial charge in [0.15, 0.2) is 0 Å². The molecule has 7 heteroatoms. The van der Waals surface area contributed by atoms with Crippen molar-refractivity contribution in [2.24, 2.45) is 0 Å². The van der Waals surface area contributed by atoms with Crippen molar-refractivity contribution in [2.75, 3.05) is 24.5 Å². The molecule has 1 aromatic carbocycles. The molecule has 1 fully saturated rings. The number of nitrogens with one attached hydrogen (secondary N) is 1. The third-order valence-electron chi connectivity index (χ3n) is 2.93. The number of benzene rings is 1. The fourth-order valence-corrected chi connectivity index (χ4v) is 1.99. The highest BCUT2D eigenvalue weighted by molar-refractivity contribution is 5.82. The number of rotatable bonds is 2. The molecular weight excluding hydrogens is 248 g/mol. The fraction of sp³-hybridized carbons (Fsp3) is 0.333. The van der Waals surface area contributed by atoms with E-state index in [4.69, 9.17) is 5.26 Å². The zero-order chi connectivity index (χ0) is 13.8. The summed E-state index contributed by atoms with van der Waals surface area (Å²) in [5, 5.41) is 22.5. The van der Waals surface area contributed by atoms with E-state index in [2.05, 4.69) is 5.32 Å². The van der Waals surface area contributed by atoms with E-state index in [1.54, 1.807) is 17.0 Å². The van der Waals surface area contributed by atoms with Gasteiger partial charge in [0.2, 0.25) is 5.91 Å². The van der Waals surface area contributed by atoms with Crippen LogP contribution in [-0.2, 0) is 4.79 Å². The van der Waals surface area contributed by atoms with Crippen molar-refractivity contribution in [1.82, 2.24) is 5.32 Å². The minimum Gasteiger partial charge on any atom is -0.362 e. The molecule has 1 aliphatic rings. The van der Waals surface area contributed by atoms with Crippen molar-refractivity contribution in [3.05, 3.63) is 33.9 Å². The van der Waals surface area contributed by atoms with E-state index in [0.29, 0.717) is 18.8 Å². The van der Waals surface area contributed by atoms with Crippen molar-refractivity contribution in [1.29, 1.82) is 5.26 Å². The molecule has 98 valence electrons. The van der Waals surface area contributed by atoms with Gasteiger partial charge in [-0.3, -0.25) is 14.9 Å². The zero-order valence-electron chi connectivity index (χ0n) is 10.1. The largest absolute Gasteiger partial charge is 0.362 e. The van der Waals surface area contributed by atoms with Gasteiger partial charge in [-0.05, 0) is 18.6 Å². The van der Waals surface area contributed by atoms with E-state index in [1.165, 1.54) is 12.1 Å². The van der Waals surface area contributed by atoms with Crippen molar-refractivity contribution >= 4 is 17.3 Å². The first kappa shape index (κ1) is 12.8. The van der Waals surface area contributed by atoms with Gasteiger partial charge in [-0.1, -0.05) is 0 Å². The topological polar surface area (TPSA) is 99.3 Å². The summed E-state index contributed by atoms with van der Waals surface area (Å²) < 4.78 is 0. The summed E-state index contributed by atoms with van der Waals surface area (Å²) in [5.41, 5.74) is 0.375. The normalized spacial score (nSPS) is 15.3. The number of hydrogen-bond acceptors (Lipinski definition) is 5. The Hall–Kier alpha value is -2.62. The number of amides is 1. The second-order valence-corrected chi connectivity index (χ2v) is 4.20. The Morgan fingerprint density at radius 2 is 2.26 bits per heavy atom. The van der Waals surface area contributed by atoms with Crippen LogP contribution in [0, 0.1) is 21.4 Å². The average Bonchev–Trinajstić information content (AvgIpc) is 2.62. The monoisotopic (exact) mass is 260 g/mol. The van der Waals surface area contributed by atoms with Gasteiger partial charge in [-0.2, -0.15) is 5.26 Å². The molecule has 0 saturated carbocycles. The molecule has 7 nitrogen and oxygen atoms in total. The van der Waals surface area contributed by atoms with Crippen molar-refractivity contribution < 1.29 is 9.72 Å². The van der Waals surface area contributed by atoms with Crippen LogP contribution in [0.15, 0.2) is 18.2 Å². The fourth-order valence-electron chi connectivity index (χ4n) is 1.99. The summed E-state index contributed by atoms with van der Waals surface area (Å²) in [6, 6.07) is 6.18.